The SMILES string of the molecule is CCOC(=O)C(C#N)=c1sc(=CNS(=O)(=O)N(C)C)c(=O)n1CC. The summed E-state index contributed by atoms with van der Waals surface area (Å²) in [6.07, 6.45) is 1.04. The number of carbonyl (C=O) groups excluding carboxylic acids is 1. The summed E-state index contributed by atoms with van der Waals surface area (Å²) >= 11 is 0.839. The molecule has 0 radical (unpaired) electrons. The van der Waals surface area contributed by atoms with Crippen LogP contribution in [-0.4, -0.2) is 44.0 Å². The van der Waals surface area contributed by atoms with Crippen LogP contribution in [-0.2, 0) is 26.3 Å². The number of hydrogen-bond acceptors (Lipinski definition) is 7. The Morgan fingerprint density at radius 2 is 2.08 bits per heavy atom. The number of nitrogens with one attached hydrogen (secondary N) is 1. The van der Waals surface area contributed by atoms with E-state index in [1.54, 1.807) is 19.9 Å². The van der Waals surface area contributed by atoms with Crippen molar-refractivity contribution in [2.24, 2.45) is 0 Å². The lowest BCUT2D eigenvalue weighted by molar-refractivity contribution is -0.136. The van der Waals surface area contributed by atoms with Gasteiger partial charge in [-0.05, 0) is 13.8 Å². The van der Waals surface area contributed by atoms with E-state index in [0.717, 1.165) is 21.8 Å². The van der Waals surface area contributed by atoms with Crippen LogP contribution in [0.3, 0.4) is 0 Å². The zero-order valence-corrected chi connectivity index (χ0v) is 15.3. The van der Waals surface area contributed by atoms with E-state index >= 15 is 0 Å². The summed E-state index contributed by atoms with van der Waals surface area (Å²) in [7, 11) is -1.08. The van der Waals surface area contributed by atoms with Gasteiger partial charge in [0.15, 0.2) is 5.57 Å². The summed E-state index contributed by atoms with van der Waals surface area (Å²) in [5.41, 5.74) is -0.799. The van der Waals surface area contributed by atoms with Gasteiger partial charge < -0.3 is 4.74 Å². The molecule has 0 aliphatic carbocycles. The number of aromatic nitrogens is 1. The van der Waals surface area contributed by atoms with Crippen molar-refractivity contribution >= 4 is 39.3 Å². The lowest BCUT2D eigenvalue weighted by Gasteiger charge is -2.09. The van der Waals surface area contributed by atoms with E-state index < -0.39 is 21.7 Å². The van der Waals surface area contributed by atoms with Crippen molar-refractivity contribution in [1.82, 2.24) is 13.6 Å². The summed E-state index contributed by atoms with van der Waals surface area (Å²) in [6.45, 7) is 3.58. The molecule has 24 heavy (non-hydrogen) atoms. The molecule has 11 heteroatoms. The molecule has 0 unspecified atom stereocenters. The highest BCUT2D eigenvalue weighted by atomic mass is 32.2. The quantitative estimate of drug-likeness (QED) is 0.593. The van der Waals surface area contributed by atoms with Crippen LogP contribution in [0.4, 0.5) is 0 Å². The number of nitriles is 1. The van der Waals surface area contributed by atoms with Gasteiger partial charge in [0.1, 0.15) is 15.3 Å². The van der Waals surface area contributed by atoms with Crippen molar-refractivity contribution in [3.05, 3.63) is 19.5 Å². The molecule has 0 saturated heterocycles. The Labute approximate surface area is 143 Å². The van der Waals surface area contributed by atoms with Crippen LogP contribution < -0.4 is 19.5 Å². The molecule has 1 heterocycles. The first-order chi connectivity index (χ1) is 11.2. The van der Waals surface area contributed by atoms with Gasteiger partial charge in [-0.25, -0.2) is 4.79 Å². The third kappa shape index (κ3) is 4.22. The Balaban J connectivity index is 3.62. The van der Waals surface area contributed by atoms with Gasteiger partial charge in [0.25, 0.3) is 5.56 Å². The van der Waals surface area contributed by atoms with Gasteiger partial charge in [-0.3, -0.25) is 14.1 Å². The third-order valence-corrected chi connectivity index (χ3v) is 5.36. The van der Waals surface area contributed by atoms with Crippen LogP contribution >= 0.6 is 11.3 Å². The molecule has 1 aromatic heterocycles. The first-order valence-corrected chi connectivity index (χ1v) is 9.16. The highest BCUT2D eigenvalue weighted by molar-refractivity contribution is 7.87. The van der Waals surface area contributed by atoms with Gasteiger partial charge in [-0.1, -0.05) is 0 Å². The number of nitrogens with zero attached hydrogens (tertiary/aromatic N) is 3. The monoisotopic (exact) mass is 374 g/mol. The molecule has 0 saturated carbocycles. The van der Waals surface area contributed by atoms with Crippen molar-refractivity contribution in [2.45, 2.75) is 20.4 Å². The van der Waals surface area contributed by atoms with Gasteiger partial charge in [-0.2, -0.15) is 18.0 Å². The highest BCUT2D eigenvalue weighted by Gasteiger charge is 2.16. The van der Waals surface area contributed by atoms with Crippen molar-refractivity contribution in [1.29, 1.82) is 5.26 Å². The second-order valence-corrected chi connectivity index (χ2v) is 7.52. The van der Waals surface area contributed by atoms with Crippen LogP contribution in [0.1, 0.15) is 13.8 Å². The van der Waals surface area contributed by atoms with Crippen molar-refractivity contribution < 1.29 is 17.9 Å². The fourth-order valence-corrected chi connectivity index (χ4v) is 3.24. The molecule has 1 N–H and O–H groups in total. The Kier molecular flexibility index (Phi) is 6.70. The summed E-state index contributed by atoms with van der Waals surface area (Å²) in [4.78, 5) is 24.2. The van der Waals surface area contributed by atoms with E-state index in [-0.39, 0.29) is 27.9 Å². The minimum Gasteiger partial charge on any atom is -0.462 e. The molecular weight excluding hydrogens is 356 g/mol. The van der Waals surface area contributed by atoms with E-state index in [4.69, 9.17) is 4.74 Å². The van der Waals surface area contributed by atoms with Crippen molar-refractivity contribution in [3.63, 3.8) is 0 Å². The largest absolute Gasteiger partial charge is 0.462 e. The first-order valence-electron chi connectivity index (χ1n) is 6.90. The fraction of sp³-hybridized carbons (Fsp3) is 0.462. The molecule has 0 atom stereocenters. The predicted octanol–water partition coefficient (Wildman–Crippen LogP) is -1.70. The number of esters is 1. The Hall–Kier alpha value is -2.16. The number of carbonyl (C=O) groups is 1. The molecule has 132 valence electrons. The maximum atomic E-state index is 12.3. The normalized spacial score (nSPS) is 13.6. The van der Waals surface area contributed by atoms with Crippen molar-refractivity contribution in [3.8, 4) is 6.07 Å². The average molecular weight is 374 g/mol. The molecule has 1 aromatic rings. The summed E-state index contributed by atoms with van der Waals surface area (Å²) in [5.74, 6) is -0.830. The number of hydrogen-bond donors (Lipinski definition) is 1. The van der Waals surface area contributed by atoms with Gasteiger partial charge in [0.2, 0.25) is 0 Å². The van der Waals surface area contributed by atoms with Crippen LogP contribution in [0.5, 0.6) is 0 Å². The van der Waals surface area contributed by atoms with E-state index in [0.29, 0.717) is 0 Å². The van der Waals surface area contributed by atoms with E-state index in [1.165, 1.54) is 18.7 Å². The van der Waals surface area contributed by atoms with Crippen LogP contribution in [0.2, 0.25) is 0 Å². The smallest absolute Gasteiger partial charge is 0.351 e. The fourth-order valence-electron chi connectivity index (χ4n) is 1.61. The number of ether oxygens (including phenoxy) is 1. The lowest BCUT2D eigenvalue weighted by atomic mass is 10.3. The molecule has 0 aliphatic heterocycles. The van der Waals surface area contributed by atoms with Crippen LogP contribution in [0.25, 0.3) is 11.8 Å². The minimum atomic E-state index is -3.75. The van der Waals surface area contributed by atoms with Crippen molar-refractivity contribution in [2.75, 3.05) is 20.7 Å². The minimum absolute atomic E-state index is 0.0503. The molecule has 0 bridgehead atoms. The van der Waals surface area contributed by atoms with Crippen LogP contribution in [0, 0.1) is 11.3 Å². The average Bonchev–Trinajstić information content (AvgIpc) is 2.82. The summed E-state index contributed by atoms with van der Waals surface area (Å²) < 4.78 is 32.7. The molecule has 1 rings (SSSR count). The Morgan fingerprint density at radius 1 is 1.46 bits per heavy atom. The molecule has 0 aromatic carbocycles. The van der Waals surface area contributed by atoms with E-state index in [2.05, 4.69) is 4.72 Å². The molecular formula is C13H18N4O5S2. The topological polar surface area (TPSA) is 122 Å². The lowest BCUT2D eigenvalue weighted by Crippen LogP contribution is -2.36. The van der Waals surface area contributed by atoms with Gasteiger partial charge in [-0.15, -0.1) is 11.3 Å². The maximum absolute atomic E-state index is 12.3. The van der Waals surface area contributed by atoms with Crippen LogP contribution in [0.15, 0.2) is 4.79 Å². The van der Waals surface area contributed by atoms with Gasteiger partial charge >= 0.3 is 16.2 Å². The Morgan fingerprint density at radius 3 is 2.54 bits per heavy atom. The molecule has 0 amide bonds. The highest BCUT2D eigenvalue weighted by Crippen LogP contribution is 1.96. The zero-order chi connectivity index (χ0) is 18.5. The summed E-state index contributed by atoms with van der Waals surface area (Å²) in [6, 6.07) is 1.74. The second kappa shape index (κ2) is 8.09. The second-order valence-electron chi connectivity index (χ2n) is 4.58. The van der Waals surface area contributed by atoms with Gasteiger partial charge in [0.05, 0.1) is 6.61 Å². The molecule has 0 fully saturated rings. The standard InChI is InChI=1S/C13H18N4O5S2/c1-5-17-11(18)10(8-15-24(20,21)16(3)4)23-12(17)9(7-14)13(19)22-6-2/h8,15H,5-6H2,1-4H3. The molecule has 0 spiro atoms. The summed E-state index contributed by atoms with van der Waals surface area (Å²) in [5, 5.41) is 9.20. The first kappa shape index (κ1) is 19.9. The maximum Gasteiger partial charge on any atom is 0.351 e. The third-order valence-electron chi connectivity index (χ3n) is 2.85. The Bertz CT molecular complexity index is 934. The number of thiazole rings is 1. The molecule has 0 aliphatic rings. The van der Waals surface area contributed by atoms with Gasteiger partial charge in [0, 0.05) is 26.8 Å². The zero-order valence-electron chi connectivity index (χ0n) is 13.7. The predicted molar refractivity (Wildman–Crippen MR) is 89.4 cm³/mol. The number of rotatable bonds is 6. The van der Waals surface area contributed by atoms with E-state index in [1.807, 2.05) is 0 Å². The molecule has 9 nitrogen and oxygen atoms in total. The van der Waals surface area contributed by atoms with E-state index in [9.17, 15) is 23.3 Å².